The zero-order chi connectivity index (χ0) is 17.5. The molecule has 2 aromatic carbocycles. The predicted molar refractivity (Wildman–Crippen MR) is 99.9 cm³/mol. The van der Waals surface area contributed by atoms with Crippen molar-refractivity contribution >= 4 is 16.6 Å². The average Bonchev–Trinajstić information content (AvgIpc) is 2.64. The van der Waals surface area contributed by atoms with E-state index in [4.69, 9.17) is 15.2 Å². The number of hydrogen-bond donors (Lipinski definition) is 1. The summed E-state index contributed by atoms with van der Waals surface area (Å²) in [6.07, 6.45) is 2.62. The molecular weight excluding hydrogens is 300 g/mol. The van der Waals surface area contributed by atoms with Crippen molar-refractivity contribution in [3.05, 3.63) is 54.2 Å². The van der Waals surface area contributed by atoms with Crippen LogP contribution in [0, 0.1) is 0 Å². The fourth-order valence-electron chi connectivity index (χ4n) is 2.41. The topological polar surface area (TPSA) is 57.4 Å². The molecule has 0 aliphatic heterocycles. The maximum absolute atomic E-state index is 5.98. The van der Waals surface area contributed by atoms with Crippen LogP contribution < -0.4 is 15.2 Å². The minimum absolute atomic E-state index is 0.713. The van der Waals surface area contributed by atoms with Crippen molar-refractivity contribution in [1.82, 2.24) is 4.98 Å². The zero-order valence-electron chi connectivity index (χ0n) is 14.7. The summed E-state index contributed by atoms with van der Waals surface area (Å²) in [4.78, 5) is 4.40. The summed E-state index contributed by atoms with van der Waals surface area (Å²) >= 11 is 0. The van der Waals surface area contributed by atoms with E-state index in [9.17, 15) is 0 Å². The molecule has 1 heterocycles. The largest absolute Gasteiger partial charge is 0.496 e. The number of hydrogen-bond acceptors (Lipinski definition) is 4. The lowest BCUT2D eigenvalue weighted by molar-refractivity contribution is 0.410. The van der Waals surface area contributed by atoms with Gasteiger partial charge in [0.2, 0.25) is 0 Å². The summed E-state index contributed by atoms with van der Waals surface area (Å²) in [6.45, 7) is 6.10. The quantitative estimate of drug-likeness (QED) is 0.670. The van der Waals surface area contributed by atoms with Crippen LogP contribution in [-0.4, -0.2) is 12.1 Å². The van der Waals surface area contributed by atoms with Gasteiger partial charge in [-0.05, 0) is 48.4 Å². The van der Waals surface area contributed by atoms with E-state index in [0.29, 0.717) is 5.69 Å². The van der Waals surface area contributed by atoms with Crippen molar-refractivity contribution in [2.45, 2.75) is 27.2 Å². The molecule has 0 atom stereocenters. The Kier molecular flexibility index (Phi) is 6.01. The van der Waals surface area contributed by atoms with E-state index in [0.717, 1.165) is 40.1 Å². The predicted octanol–water partition coefficient (Wildman–Crippen LogP) is 5.21. The molecule has 1 aromatic heterocycles. The van der Waals surface area contributed by atoms with Gasteiger partial charge in [-0.3, -0.25) is 4.98 Å². The summed E-state index contributed by atoms with van der Waals surface area (Å²) < 4.78 is 11.4. The van der Waals surface area contributed by atoms with E-state index in [2.05, 4.69) is 18.0 Å². The molecule has 0 unspecified atom stereocenters. The first-order chi connectivity index (χ1) is 11.7. The number of fused-ring (bicyclic) bond motifs is 1. The first-order valence-corrected chi connectivity index (χ1v) is 8.20. The van der Waals surface area contributed by atoms with Gasteiger partial charge in [-0.15, -0.1) is 0 Å². The van der Waals surface area contributed by atoms with Gasteiger partial charge in [0.15, 0.2) is 0 Å². The summed E-state index contributed by atoms with van der Waals surface area (Å²) in [5.41, 5.74) is 8.39. The Labute approximate surface area is 143 Å². The lowest BCUT2D eigenvalue weighted by Crippen LogP contribution is -1.94. The van der Waals surface area contributed by atoms with E-state index in [-0.39, 0.29) is 0 Å². The number of pyridine rings is 1. The van der Waals surface area contributed by atoms with Crippen molar-refractivity contribution in [3.8, 4) is 17.2 Å². The third-order valence-corrected chi connectivity index (χ3v) is 3.59. The van der Waals surface area contributed by atoms with Gasteiger partial charge in [-0.1, -0.05) is 20.8 Å². The molecule has 0 radical (unpaired) electrons. The smallest absolute Gasteiger partial charge is 0.138 e. The normalized spacial score (nSPS) is 10.0. The molecule has 0 saturated heterocycles. The van der Waals surface area contributed by atoms with Gasteiger partial charge in [0.05, 0.1) is 12.6 Å². The zero-order valence-corrected chi connectivity index (χ0v) is 14.7. The monoisotopic (exact) mass is 324 g/mol. The van der Waals surface area contributed by atoms with Crippen LogP contribution >= 0.6 is 0 Å². The molecule has 0 bridgehead atoms. The fraction of sp³-hybridized carbons (Fsp3) is 0.250. The minimum atomic E-state index is 0.713. The SMILES string of the molecule is CC.CCc1cc2c(Oc3ccc(N)cc3)ccnc2cc1OC. The maximum atomic E-state index is 5.98. The van der Waals surface area contributed by atoms with Crippen molar-refractivity contribution in [2.75, 3.05) is 12.8 Å². The van der Waals surface area contributed by atoms with Gasteiger partial charge in [0.25, 0.3) is 0 Å². The Morgan fingerprint density at radius 2 is 1.71 bits per heavy atom. The first-order valence-electron chi connectivity index (χ1n) is 8.20. The lowest BCUT2D eigenvalue weighted by Gasteiger charge is -2.12. The third-order valence-electron chi connectivity index (χ3n) is 3.59. The molecule has 2 N–H and O–H groups in total. The van der Waals surface area contributed by atoms with Gasteiger partial charge in [0.1, 0.15) is 17.2 Å². The number of rotatable bonds is 4. The van der Waals surface area contributed by atoms with Crippen LogP contribution in [0.25, 0.3) is 10.9 Å². The third kappa shape index (κ3) is 3.77. The second kappa shape index (κ2) is 8.20. The molecular formula is C20H24N2O2. The van der Waals surface area contributed by atoms with E-state index in [1.807, 2.05) is 50.2 Å². The maximum Gasteiger partial charge on any atom is 0.138 e. The standard InChI is InChI=1S/C18H18N2O2.C2H6/c1-3-12-10-15-16(11-18(12)21-2)20-9-8-17(15)22-14-6-4-13(19)5-7-14;1-2/h4-11H,3,19H2,1-2H3;1-2H3. The Morgan fingerprint density at radius 3 is 2.33 bits per heavy atom. The number of nitrogen functional groups attached to an aromatic ring is 1. The second-order valence-corrected chi connectivity index (χ2v) is 5.01. The molecule has 3 rings (SSSR count). The van der Waals surface area contributed by atoms with E-state index in [1.165, 1.54) is 0 Å². The minimum Gasteiger partial charge on any atom is -0.496 e. The Morgan fingerprint density at radius 1 is 1.00 bits per heavy atom. The highest BCUT2D eigenvalue weighted by Crippen LogP contribution is 2.33. The van der Waals surface area contributed by atoms with Gasteiger partial charge in [-0.25, -0.2) is 0 Å². The number of nitrogens with zero attached hydrogens (tertiary/aromatic N) is 1. The molecule has 4 heteroatoms. The summed E-state index contributed by atoms with van der Waals surface area (Å²) in [5.74, 6) is 2.37. The average molecular weight is 324 g/mol. The van der Waals surface area contributed by atoms with Crippen LogP contribution in [0.15, 0.2) is 48.7 Å². The molecule has 0 saturated carbocycles. The second-order valence-electron chi connectivity index (χ2n) is 5.01. The van der Waals surface area contributed by atoms with Crippen LogP contribution in [0.1, 0.15) is 26.3 Å². The van der Waals surface area contributed by atoms with Crippen LogP contribution in [0.2, 0.25) is 0 Å². The van der Waals surface area contributed by atoms with E-state index in [1.54, 1.807) is 13.3 Å². The molecule has 0 aliphatic carbocycles. The summed E-state index contributed by atoms with van der Waals surface area (Å²) in [7, 11) is 1.68. The number of nitrogens with two attached hydrogens (primary N) is 1. The summed E-state index contributed by atoms with van der Waals surface area (Å²) in [5, 5.41) is 0.969. The molecule has 0 fully saturated rings. The van der Waals surface area contributed by atoms with Crippen LogP contribution in [0.3, 0.4) is 0 Å². The Bertz CT molecular complexity index is 799. The highest BCUT2D eigenvalue weighted by Gasteiger charge is 2.09. The Balaban J connectivity index is 0.00000100. The lowest BCUT2D eigenvalue weighted by atomic mass is 10.1. The summed E-state index contributed by atoms with van der Waals surface area (Å²) in [6, 6.07) is 13.2. The van der Waals surface area contributed by atoms with Gasteiger partial charge in [-0.2, -0.15) is 0 Å². The van der Waals surface area contributed by atoms with Gasteiger partial charge < -0.3 is 15.2 Å². The molecule has 24 heavy (non-hydrogen) atoms. The van der Waals surface area contributed by atoms with E-state index < -0.39 is 0 Å². The number of ether oxygens (including phenoxy) is 2. The number of aryl methyl sites for hydroxylation is 1. The van der Waals surface area contributed by atoms with Crippen molar-refractivity contribution < 1.29 is 9.47 Å². The molecule has 0 aliphatic rings. The first kappa shape index (κ1) is 17.6. The molecule has 0 spiro atoms. The molecule has 0 amide bonds. The van der Waals surface area contributed by atoms with Gasteiger partial charge >= 0.3 is 0 Å². The number of benzene rings is 2. The fourth-order valence-corrected chi connectivity index (χ4v) is 2.41. The van der Waals surface area contributed by atoms with Crippen LogP contribution in [0.4, 0.5) is 5.69 Å². The highest BCUT2D eigenvalue weighted by atomic mass is 16.5. The number of aromatic nitrogens is 1. The Hall–Kier alpha value is -2.75. The van der Waals surface area contributed by atoms with Gasteiger partial charge in [0, 0.05) is 23.3 Å². The number of methoxy groups -OCH3 is 1. The van der Waals surface area contributed by atoms with Crippen LogP contribution in [-0.2, 0) is 6.42 Å². The van der Waals surface area contributed by atoms with Crippen molar-refractivity contribution in [1.29, 1.82) is 0 Å². The molecule has 4 nitrogen and oxygen atoms in total. The molecule has 3 aromatic rings. The number of anilines is 1. The van der Waals surface area contributed by atoms with E-state index >= 15 is 0 Å². The van der Waals surface area contributed by atoms with Crippen molar-refractivity contribution in [2.24, 2.45) is 0 Å². The molecule has 126 valence electrons. The van der Waals surface area contributed by atoms with Crippen LogP contribution in [0.5, 0.6) is 17.2 Å². The highest BCUT2D eigenvalue weighted by molar-refractivity contribution is 5.87. The van der Waals surface area contributed by atoms with Crippen molar-refractivity contribution in [3.63, 3.8) is 0 Å².